The minimum atomic E-state index is -2.81. The molecule has 0 N–H and O–H groups in total. The Morgan fingerprint density at radius 2 is 1.94 bits per heavy atom. The molecule has 1 unspecified atom stereocenters. The van der Waals surface area contributed by atoms with Crippen LogP contribution in [0.25, 0.3) is 0 Å². The fourth-order valence-corrected chi connectivity index (χ4v) is 6.53. The summed E-state index contributed by atoms with van der Waals surface area (Å²) in [5.41, 5.74) is 0.970. The second kappa shape index (κ2) is 7.77. The third-order valence-corrected chi connectivity index (χ3v) is 8.33. The maximum absolute atomic E-state index is 14.9. The first-order valence-electron chi connectivity index (χ1n) is 10.4. The molecular formula is C20H24FN5O4S. The molecule has 0 radical (unpaired) electrons. The Balaban J connectivity index is 1.21. The number of hydrogen-bond donors (Lipinski definition) is 0. The van der Waals surface area contributed by atoms with Crippen molar-refractivity contribution in [3.63, 3.8) is 0 Å². The van der Waals surface area contributed by atoms with Crippen LogP contribution >= 0.6 is 0 Å². The van der Waals surface area contributed by atoms with Gasteiger partial charge in [0.25, 0.3) is 0 Å². The smallest absolute Gasteiger partial charge is 0.414 e. The van der Waals surface area contributed by atoms with E-state index in [1.807, 2.05) is 4.90 Å². The van der Waals surface area contributed by atoms with Gasteiger partial charge >= 0.3 is 6.09 Å². The molecule has 11 heteroatoms. The number of halogens is 1. The van der Waals surface area contributed by atoms with Crippen molar-refractivity contribution in [1.29, 1.82) is 0 Å². The number of hydrogen-bond acceptors (Lipinski definition) is 7. The minimum absolute atomic E-state index is 0.256. The fourth-order valence-electron chi connectivity index (χ4n) is 4.77. The fraction of sp³-hybridized carbons (Fsp3) is 0.550. The molecule has 1 aromatic heterocycles. The summed E-state index contributed by atoms with van der Waals surface area (Å²) < 4.78 is 44.8. The van der Waals surface area contributed by atoms with Gasteiger partial charge in [0.15, 0.2) is 9.84 Å². The van der Waals surface area contributed by atoms with Crippen LogP contribution in [0.1, 0.15) is 12.8 Å². The Bertz CT molecular complexity index is 1060. The van der Waals surface area contributed by atoms with Gasteiger partial charge in [-0.15, -0.1) is 5.10 Å². The van der Waals surface area contributed by atoms with Crippen LogP contribution in [0.2, 0.25) is 0 Å². The highest BCUT2D eigenvalue weighted by Crippen LogP contribution is 2.36. The number of cyclic esters (lactones) is 1. The van der Waals surface area contributed by atoms with E-state index in [9.17, 15) is 17.6 Å². The van der Waals surface area contributed by atoms with Gasteiger partial charge in [-0.05, 0) is 42.9 Å². The summed E-state index contributed by atoms with van der Waals surface area (Å²) >= 11 is 0. The number of carbonyl (C=O) groups is 1. The third kappa shape index (κ3) is 4.10. The monoisotopic (exact) mass is 449 g/mol. The number of piperidine rings is 1. The first kappa shape index (κ1) is 20.2. The van der Waals surface area contributed by atoms with E-state index in [2.05, 4.69) is 10.3 Å². The predicted molar refractivity (Wildman–Crippen MR) is 111 cm³/mol. The molecule has 4 heterocycles. The van der Waals surface area contributed by atoms with Gasteiger partial charge in [-0.2, -0.15) is 0 Å². The average Bonchev–Trinajstić information content (AvgIpc) is 3.36. The quantitative estimate of drug-likeness (QED) is 0.685. The van der Waals surface area contributed by atoms with E-state index in [1.54, 1.807) is 29.2 Å². The zero-order valence-electron chi connectivity index (χ0n) is 16.9. The molecule has 3 saturated heterocycles. The first-order chi connectivity index (χ1) is 14.9. The molecule has 3 aliphatic heterocycles. The largest absolute Gasteiger partial charge is 0.442 e. The Morgan fingerprint density at radius 1 is 1.16 bits per heavy atom. The van der Waals surface area contributed by atoms with Crippen LogP contribution in [-0.4, -0.2) is 66.7 Å². The van der Waals surface area contributed by atoms with Crippen LogP contribution in [0.4, 0.5) is 20.6 Å². The molecule has 166 valence electrons. The van der Waals surface area contributed by atoms with Crippen molar-refractivity contribution < 1.29 is 22.3 Å². The minimum Gasteiger partial charge on any atom is -0.442 e. The summed E-state index contributed by atoms with van der Waals surface area (Å²) in [5, 5.41) is 7.61. The van der Waals surface area contributed by atoms with Crippen molar-refractivity contribution in [2.45, 2.75) is 25.5 Å². The first-order valence-corrected chi connectivity index (χ1v) is 12.3. The number of carbonyl (C=O) groups excluding carboxylic acids is 1. The summed E-state index contributed by atoms with van der Waals surface area (Å²) in [7, 11) is -2.81. The maximum Gasteiger partial charge on any atom is 0.414 e. The van der Waals surface area contributed by atoms with E-state index in [1.165, 1.54) is 11.0 Å². The molecule has 1 aromatic carbocycles. The van der Waals surface area contributed by atoms with Crippen LogP contribution in [0.15, 0.2) is 30.6 Å². The highest BCUT2D eigenvalue weighted by Gasteiger charge is 2.40. The van der Waals surface area contributed by atoms with Crippen molar-refractivity contribution in [3.8, 4) is 0 Å². The molecule has 5 rings (SSSR count). The Kier molecular flexibility index (Phi) is 5.07. The Hall–Kier alpha value is -2.69. The normalized spacial score (nSPS) is 24.3. The van der Waals surface area contributed by atoms with Gasteiger partial charge < -0.3 is 9.64 Å². The van der Waals surface area contributed by atoms with Crippen LogP contribution in [0.5, 0.6) is 0 Å². The number of benzene rings is 1. The standard InChI is InChI=1S/C20H24FN5O4S/c21-18-9-16(26-11-17(30-20(26)27)10-25-8-5-22-23-25)1-2-19(18)24-6-3-14(4-7-24)15-12-31(28,29)13-15/h1-2,5,8-9,14-15,17H,3-4,6-7,10-13H2. The lowest BCUT2D eigenvalue weighted by molar-refractivity contribution is 0.129. The SMILES string of the molecule is O=C1OC(Cn2ccnn2)CN1c1ccc(N2CCC(C3CS(=O)(=O)C3)CC2)c(F)c1. The zero-order chi connectivity index (χ0) is 21.6. The molecular weight excluding hydrogens is 425 g/mol. The molecule has 0 saturated carbocycles. The summed E-state index contributed by atoms with van der Waals surface area (Å²) in [6.45, 7) is 2.10. The average molecular weight is 450 g/mol. The van der Waals surface area contributed by atoms with Crippen molar-refractivity contribution >= 4 is 27.3 Å². The van der Waals surface area contributed by atoms with Crippen molar-refractivity contribution in [2.24, 2.45) is 11.8 Å². The van der Waals surface area contributed by atoms with Crippen molar-refractivity contribution in [2.75, 3.05) is 40.9 Å². The molecule has 0 spiro atoms. The van der Waals surface area contributed by atoms with Gasteiger partial charge in [0.1, 0.15) is 11.9 Å². The Labute approximate surface area is 179 Å². The lowest BCUT2D eigenvalue weighted by Crippen LogP contribution is -2.45. The molecule has 0 aliphatic carbocycles. The molecule has 9 nitrogen and oxygen atoms in total. The highest BCUT2D eigenvalue weighted by atomic mass is 32.2. The molecule has 1 atom stereocenters. The van der Waals surface area contributed by atoms with Crippen LogP contribution in [-0.2, 0) is 21.1 Å². The summed E-state index contributed by atoms with van der Waals surface area (Å²) in [5.74, 6) is 0.860. The van der Waals surface area contributed by atoms with E-state index >= 15 is 0 Å². The van der Waals surface area contributed by atoms with E-state index in [0.717, 1.165) is 12.8 Å². The van der Waals surface area contributed by atoms with Crippen molar-refractivity contribution in [3.05, 3.63) is 36.4 Å². The van der Waals surface area contributed by atoms with Crippen LogP contribution < -0.4 is 9.80 Å². The van der Waals surface area contributed by atoms with Gasteiger partial charge in [0.05, 0.1) is 42.2 Å². The highest BCUT2D eigenvalue weighted by molar-refractivity contribution is 7.92. The summed E-state index contributed by atoms with van der Waals surface area (Å²) in [6.07, 6.45) is 4.09. The van der Waals surface area contributed by atoms with Crippen LogP contribution in [0.3, 0.4) is 0 Å². The van der Waals surface area contributed by atoms with Gasteiger partial charge in [0.2, 0.25) is 0 Å². The predicted octanol–water partition coefficient (Wildman–Crippen LogP) is 1.70. The van der Waals surface area contributed by atoms with E-state index in [0.29, 0.717) is 55.0 Å². The molecule has 31 heavy (non-hydrogen) atoms. The number of amides is 1. The van der Waals surface area contributed by atoms with E-state index in [-0.39, 0.29) is 17.8 Å². The third-order valence-electron chi connectivity index (χ3n) is 6.46. The number of aromatic nitrogens is 3. The van der Waals surface area contributed by atoms with Crippen LogP contribution in [0, 0.1) is 17.7 Å². The number of anilines is 2. The lowest BCUT2D eigenvalue weighted by atomic mass is 9.86. The molecule has 1 amide bonds. The topological polar surface area (TPSA) is 97.6 Å². The number of rotatable bonds is 5. The Morgan fingerprint density at radius 3 is 2.58 bits per heavy atom. The van der Waals surface area contributed by atoms with Crippen molar-refractivity contribution in [1.82, 2.24) is 15.0 Å². The summed E-state index contributed by atoms with van der Waals surface area (Å²) in [4.78, 5) is 15.7. The number of nitrogens with zero attached hydrogens (tertiary/aromatic N) is 5. The maximum atomic E-state index is 14.9. The van der Waals surface area contributed by atoms with E-state index < -0.39 is 15.9 Å². The number of ether oxygens (including phenoxy) is 1. The zero-order valence-corrected chi connectivity index (χ0v) is 17.7. The second-order valence-electron chi connectivity index (χ2n) is 8.54. The molecule has 3 fully saturated rings. The second-order valence-corrected chi connectivity index (χ2v) is 10.7. The van der Waals surface area contributed by atoms with Gasteiger partial charge in [-0.25, -0.2) is 22.3 Å². The van der Waals surface area contributed by atoms with Gasteiger partial charge in [-0.3, -0.25) is 4.90 Å². The van der Waals surface area contributed by atoms with Gasteiger partial charge in [-0.1, -0.05) is 5.21 Å². The van der Waals surface area contributed by atoms with E-state index in [4.69, 9.17) is 4.74 Å². The lowest BCUT2D eigenvalue weighted by Gasteiger charge is -2.40. The molecule has 2 aromatic rings. The summed E-state index contributed by atoms with van der Waals surface area (Å²) in [6, 6.07) is 4.82. The molecule has 0 bridgehead atoms. The number of sulfone groups is 1. The van der Waals surface area contributed by atoms with Gasteiger partial charge in [0, 0.05) is 19.3 Å². The molecule has 3 aliphatic rings.